The minimum atomic E-state index is -0.0283. The summed E-state index contributed by atoms with van der Waals surface area (Å²) in [6, 6.07) is 5.54. The van der Waals surface area contributed by atoms with Crippen molar-refractivity contribution in [2.24, 2.45) is 0 Å². The molecule has 1 aliphatic rings. The zero-order chi connectivity index (χ0) is 14.4. The number of carbonyl (C=O) groups is 1. The Morgan fingerprint density at radius 2 is 2.05 bits per heavy atom. The fraction of sp³-hybridized carbons (Fsp3) is 0.400. The standard InChI is InChI=1S/C15H20N2O3/c1-19-13-7-5-12(11-14(13)20-2)6-8-15(18)17-10-4-3-9-16-17/h5-8,11,16H,3-4,9-10H2,1-2H3. The summed E-state index contributed by atoms with van der Waals surface area (Å²) in [5, 5.41) is 1.65. The molecule has 0 aromatic heterocycles. The van der Waals surface area contributed by atoms with Crippen LogP contribution in [0, 0.1) is 0 Å². The molecule has 0 saturated carbocycles. The Bertz CT molecular complexity index is 494. The summed E-state index contributed by atoms with van der Waals surface area (Å²) >= 11 is 0. The number of carbonyl (C=O) groups excluding carboxylic acids is 1. The molecule has 5 heteroatoms. The molecule has 2 rings (SSSR count). The Hall–Kier alpha value is -2.01. The lowest BCUT2D eigenvalue weighted by Gasteiger charge is -2.26. The molecule has 1 fully saturated rings. The predicted molar refractivity (Wildman–Crippen MR) is 77.5 cm³/mol. The fourth-order valence-electron chi connectivity index (χ4n) is 2.09. The van der Waals surface area contributed by atoms with Gasteiger partial charge in [-0.15, -0.1) is 0 Å². The molecular formula is C15H20N2O3. The van der Waals surface area contributed by atoms with E-state index in [0.717, 1.165) is 31.5 Å². The van der Waals surface area contributed by atoms with Gasteiger partial charge in [-0.05, 0) is 36.6 Å². The maximum atomic E-state index is 12.0. The van der Waals surface area contributed by atoms with E-state index in [2.05, 4.69) is 5.43 Å². The van der Waals surface area contributed by atoms with Gasteiger partial charge in [-0.3, -0.25) is 9.80 Å². The lowest BCUT2D eigenvalue weighted by atomic mass is 10.2. The van der Waals surface area contributed by atoms with E-state index < -0.39 is 0 Å². The summed E-state index contributed by atoms with van der Waals surface area (Å²) in [5.41, 5.74) is 3.98. The highest BCUT2D eigenvalue weighted by Crippen LogP contribution is 2.27. The van der Waals surface area contributed by atoms with Crippen molar-refractivity contribution in [1.82, 2.24) is 10.4 Å². The van der Waals surface area contributed by atoms with E-state index in [1.807, 2.05) is 18.2 Å². The van der Waals surface area contributed by atoms with Crippen LogP contribution in [0.3, 0.4) is 0 Å². The van der Waals surface area contributed by atoms with Crippen LogP contribution >= 0.6 is 0 Å². The zero-order valence-electron chi connectivity index (χ0n) is 11.9. The average Bonchev–Trinajstić information content (AvgIpc) is 2.53. The molecule has 5 nitrogen and oxygen atoms in total. The second-order valence-corrected chi connectivity index (χ2v) is 4.55. The molecule has 0 radical (unpaired) electrons. The third-order valence-electron chi connectivity index (χ3n) is 3.20. The van der Waals surface area contributed by atoms with Crippen LogP contribution in [0.5, 0.6) is 11.5 Å². The number of ether oxygens (including phenoxy) is 2. The van der Waals surface area contributed by atoms with Crippen molar-refractivity contribution in [2.75, 3.05) is 27.3 Å². The molecule has 1 saturated heterocycles. The van der Waals surface area contributed by atoms with E-state index in [-0.39, 0.29) is 5.91 Å². The SMILES string of the molecule is COc1ccc(C=CC(=O)N2CCCCN2)cc1OC. The van der Waals surface area contributed by atoms with E-state index in [4.69, 9.17) is 9.47 Å². The average molecular weight is 276 g/mol. The van der Waals surface area contributed by atoms with Gasteiger partial charge in [-0.2, -0.15) is 0 Å². The Morgan fingerprint density at radius 1 is 1.25 bits per heavy atom. The van der Waals surface area contributed by atoms with Gasteiger partial charge in [0, 0.05) is 19.2 Å². The van der Waals surface area contributed by atoms with Crippen molar-refractivity contribution >= 4 is 12.0 Å². The Kier molecular flexibility index (Phi) is 5.01. The van der Waals surface area contributed by atoms with Gasteiger partial charge in [0.1, 0.15) is 0 Å². The lowest BCUT2D eigenvalue weighted by Crippen LogP contribution is -2.46. The Morgan fingerprint density at radius 3 is 2.70 bits per heavy atom. The van der Waals surface area contributed by atoms with E-state index in [0.29, 0.717) is 11.5 Å². The van der Waals surface area contributed by atoms with Crippen molar-refractivity contribution in [1.29, 1.82) is 0 Å². The number of rotatable bonds is 4. The highest BCUT2D eigenvalue weighted by Gasteiger charge is 2.13. The van der Waals surface area contributed by atoms with Crippen molar-refractivity contribution in [3.8, 4) is 11.5 Å². The normalized spacial score (nSPS) is 15.4. The third kappa shape index (κ3) is 3.51. The van der Waals surface area contributed by atoms with Crippen LogP contribution in [0.1, 0.15) is 18.4 Å². The van der Waals surface area contributed by atoms with Gasteiger partial charge in [-0.25, -0.2) is 5.43 Å². The monoisotopic (exact) mass is 276 g/mol. The number of nitrogens with zero attached hydrogens (tertiary/aromatic N) is 1. The minimum absolute atomic E-state index is 0.0283. The molecule has 1 N–H and O–H groups in total. The Labute approximate surface area is 119 Å². The topological polar surface area (TPSA) is 50.8 Å². The molecule has 1 aromatic rings. The number of hydrogen-bond acceptors (Lipinski definition) is 4. The van der Waals surface area contributed by atoms with Crippen LogP contribution in [-0.2, 0) is 4.79 Å². The number of hydrazine groups is 1. The van der Waals surface area contributed by atoms with Gasteiger partial charge in [0.15, 0.2) is 11.5 Å². The second-order valence-electron chi connectivity index (χ2n) is 4.55. The van der Waals surface area contributed by atoms with Crippen molar-refractivity contribution in [2.45, 2.75) is 12.8 Å². The molecule has 0 aliphatic carbocycles. The quantitative estimate of drug-likeness (QED) is 0.853. The second kappa shape index (κ2) is 6.96. The van der Waals surface area contributed by atoms with Gasteiger partial charge in [0.05, 0.1) is 14.2 Å². The molecule has 0 spiro atoms. The van der Waals surface area contributed by atoms with Gasteiger partial charge >= 0.3 is 0 Å². The van der Waals surface area contributed by atoms with Crippen LogP contribution in [0.25, 0.3) is 6.08 Å². The highest BCUT2D eigenvalue weighted by atomic mass is 16.5. The number of benzene rings is 1. The molecule has 1 aromatic carbocycles. The third-order valence-corrected chi connectivity index (χ3v) is 3.20. The molecule has 0 atom stereocenters. The maximum Gasteiger partial charge on any atom is 0.260 e. The first-order valence-electron chi connectivity index (χ1n) is 6.69. The number of methoxy groups -OCH3 is 2. The van der Waals surface area contributed by atoms with Crippen molar-refractivity contribution in [3.63, 3.8) is 0 Å². The minimum Gasteiger partial charge on any atom is -0.493 e. The lowest BCUT2D eigenvalue weighted by molar-refractivity contribution is -0.130. The smallest absolute Gasteiger partial charge is 0.260 e. The summed E-state index contributed by atoms with van der Waals surface area (Å²) in [6.45, 7) is 1.62. The molecule has 1 heterocycles. The fourth-order valence-corrected chi connectivity index (χ4v) is 2.09. The van der Waals surface area contributed by atoms with E-state index in [1.54, 1.807) is 31.4 Å². The predicted octanol–water partition coefficient (Wildman–Crippen LogP) is 1.84. The van der Waals surface area contributed by atoms with E-state index in [1.165, 1.54) is 0 Å². The molecule has 0 unspecified atom stereocenters. The van der Waals surface area contributed by atoms with Gasteiger partial charge in [0.2, 0.25) is 0 Å². The molecule has 1 aliphatic heterocycles. The van der Waals surface area contributed by atoms with Crippen molar-refractivity contribution in [3.05, 3.63) is 29.8 Å². The maximum absolute atomic E-state index is 12.0. The van der Waals surface area contributed by atoms with Gasteiger partial charge in [0.25, 0.3) is 5.91 Å². The van der Waals surface area contributed by atoms with Crippen LogP contribution in [0.15, 0.2) is 24.3 Å². The van der Waals surface area contributed by atoms with Crippen molar-refractivity contribution < 1.29 is 14.3 Å². The van der Waals surface area contributed by atoms with E-state index in [9.17, 15) is 4.79 Å². The summed E-state index contributed by atoms with van der Waals surface area (Å²) in [6.07, 6.45) is 5.51. The summed E-state index contributed by atoms with van der Waals surface area (Å²) in [7, 11) is 3.19. The number of hydrogen-bond donors (Lipinski definition) is 1. The molecule has 20 heavy (non-hydrogen) atoms. The first kappa shape index (κ1) is 14.4. The first-order chi connectivity index (χ1) is 9.74. The first-order valence-corrected chi connectivity index (χ1v) is 6.69. The largest absolute Gasteiger partial charge is 0.493 e. The summed E-state index contributed by atoms with van der Waals surface area (Å²) in [5.74, 6) is 1.30. The van der Waals surface area contributed by atoms with Crippen LogP contribution in [0.2, 0.25) is 0 Å². The van der Waals surface area contributed by atoms with E-state index >= 15 is 0 Å². The highest BCUT2D eigenvalue weighted by molar-refractivity contribution is 5.91. The molecule has 0 bridgehead atoms. The van der Waals surface area contributed by atoms with Gasteiger partial charge in [-0.1, -0.05) is 6.07 Å². The van der Waals surface area contributed by atoms with Crippen LogP contribution < -0.4 is 14.9 Å². The van der Waals surface area contributed by atoms with Crippen LogP contribution in [0.4, 0.5) is 0 Å². The molecule has 108 valence electrons. The number of nitrogens with one attached hydrogen (secondary N) is 1. The summed E-state index contributed by atoms with van der Waals surface area (Å²) < 4.78 is 10.4. The summed E-state index contributed by atoms with van der Waals surface area (Å²) in [4.78, 5) is 12.0. The zero-order valence-corrected chi connectivity index (χ0v) is 11.9. The molecule has 1 amide bonds. The number of amides is 1. The molecular weight excluding hydrogens is 256 g/mol. The van der Waals surface area contributed by atoms with Crippen LogP contribution in [-0.4, -0.2) is 38.2 Å². The Balaban J connectivity index is 2.04. The van der Waals surface area contributed by atoms with Gasteiger partial charge < -0.3 is 9.47 Å².